The van der Waals surface area contributed by atoms with E-state index in [-0.39, 0.29) is 5.95 Å². The molecule has 2 aromatic heterocycles. The average Bonchev–Trinajstić information content (AvgIpc) is 3.05. The molecule has 0 saturated carbocycles. The second-order valence-corrected chi connectivity index (χ2v) is 10.1. The minimum atomic E-state index is -0.591. The Morgan fingerprint density at radius 3 is 2.60 bits per heavy atom. The summed E-state index contributed by atoms with van der Waals surface area (Å²) in [6, 6.07) is 7.73. The van der Waals surface area contributed by atoms with E-state index in [1.54, 1.807) is 13.3 Å². The van der Waals surface area contributed by atoms with Crippen LogP contribution in [0.15, 0.2) is 30.5 Å². The summed E-state index contributed by atoms with van der Waals surface area (Å²) >= 11 is 0. The van der Waals surface area contributed by atoms with Gasteiger partial charge in [0.1, 0.15) is 5.69 Å². The third-order valence-electron chi connectivity index (χ3n) is 7.22. The van der Waals surface area contributed by atoms with Gasteiger partial charge in [0.2, 0.25) is 18.2 Å². The summed E-state index contributed by atoms with van der Waals surface area (Å²) in [6.45, 7) is 9.73. The highest BCUT2D eigenvalue weighted by Gasteiger charge is 2.52. The fourth-order valence-corrected chi connectivity index (χ4v) is 4.46. The van der Waals surface area contributed by atoms with Crippen molar-refractivity contribution >= 4 is 41.5 Å². The van der Waals surface area contributed by atoms with E-state index in [9.17, 15) is 4.79 Å². The minimum absolute atomic E-state index is 0.223. The topological polar surface area (TPSA) is 89.9 Å². The highest BCUT2D eigenvalue weighted by atomic mass is 16.7. The van der Waals surface area contributed by atoms with Gasteiger partial charge >= 0.3 is 7.12 Å². The van der Waals surface area contributed by atoms with Crippen LogP contribution >= 0.6 is 0 Å². The second-order valence-electron chi connectivity index (χ2n) is 10.1. The third kappa shape index (κ3) is 4.05. The monoisotopic (exact) mass is 475 g/mol. The number of likely N-dealkylation sites (N-methyl/N-ethyl adjacent to an activating group) is 1. The third-order valence-corrected chi connectivity index (χ3v) is 7.22. The first-order chi connectivity index (χ1) is 16.6. The Bertz CT molecular complexity index is 1280. The second kappa shape index (κ2) is 8.55. The van der Waals surface area contributed by atoms with Gasteiger partial charge in [-0.05, 0) is 46.4 Å². The number of nitrogens with zero attached hydrogens (tertiary/aromatic N) is 5. The molecule has 1 amide bonds. The Morgan fingerprint density at radius 1 is 1.17 bits per heavy atom. The van der Waals surface area contributed by atoms with Gasteiger partial charge in [-0.25, -0.2) is 19.9 Å². The van der Waals surface area contributed by atoms with Crippen molar-refractivity contribution in [3.05, 3.63) is 41.7 Å². The predicted octanol–water partition coefficient (Wildman–Crippen LogP) is 2.62. The number of amides is 1. The molecule has 5 rings (SSSR count). The number of rotatable bonds is 5. The predicted molar refractivity (Wildman–Crippen MR) is 134 cm³/mol. The Kier molecular flexibility index (Phi) is 5.78. The number of para-hydroxylation sites is 1. The number of methoxy groups -OCH3 is 1. The quantitative estimate of drug-likeness (QED) is 0.411. The molecule has 3 aromatic rings. The molecule has 2 aliphatic rings. The van der Waals surface area contributed by atoms with E-state index >= 15 is 0 Å². The highest BCUT2D eigenvalue weighted by molar-refractivity contribution is 6.65. The maximum Gasteiger partial charge on any atom is 0.497 e. The number of carbonyl (C=O) groups excluding carboxylic acids is 1. The lowest BCUT2D eigenvalue weighted by molar-refractivity contribution is -0.106. The molecule has 1 aromatic carbocycles. The van der Waals surface area contributed by atoms with Gasteiger partial charge in [0, 0.05) is 36.6 Å². The zero-order chi connectivity index (χ0) is 25.0. The molecule has 2 aliphatic heterocycles. The van der Waals surface area contributed by atoms with E-state index in [4.69, 9.17) is 24.0 Å². The van der Waals surface area contributed by atoms with Crippen molar-refractivity contribution in [1.29, 1.82) is 0 Å². The van der Waals surface area contributed by atoms with Crippen LogP contribution in [-0.2, 0) is 27.1 Å². The van der Waals surface area contributed by atoms with Crippen LogP contribution in [-0.4, -0.2) is 65.3 Å². The number of benzene rings is 1. The summed E-state index contributed by atoms with van der Waals surface area (Å²) in [5, 5.41) is 0.823. The summed E-state index contributed by atoms with van der Waals surface area (Å²) in [5.74, 6) is 0.587. The molecule has 0 atom stereocenters. The van der Waals surface area contributed by atoms with Gasteiger partial charge in [0.25, 0.3) is 0 Å². The van der Waals surface area contributed by atoms with Crippen LogP contribution in [0.25, 0.3) is 10.9 Å². The SMILES string of the molecule is COc1nc2c(cc1N(C=O)c1ncc3cccc(B4OC(C)(C)C(C)(C)O4)c3n1)CN(C)CC2. The average molecular weight is 475 g/mol. The number of aromatic nitrogens is 3. The molecule has 1 saturated heterocycles. The van der Waals surface area contributed by atoms with E-state index in [1.165, 1.54) is 4.90 Å². The molecule has 10 heteroatoms. The molecule has 0 radical (unpaired) electrons. The first-order valence-corrected chi connectivity index (χ1v) is 11.7. The molecule has 182 valence electrons. The van der Waals surface area contributed by atoms with E-state index in [0.29, 0.717) is 23.5 Å². The van der Waals surface area contributed by atoms with Crippen LogP contribution in [0.4, 0.5) is 11.6 Å². The highest BCUT2D eigenvalue weighted by Crippen LogP contribution is 2.37. The normalized spacial score (nSPS) is 19.0. The molecular weight excluding hydrogens is 445 g/mol. The van der Waals surface area contributed by atoms with Crippen molar-refractivity contribution < 1.29 is 18.8 Å². The molecule has 0 bridgehead atoms. The zero-order valence-corrected chi connectivity index (χ0v) is 21.0. The van der Waals surface area contributed by atoms with E-state index in [2.05, 4.69) is 16.9 Å². The summed E-state index contributed by atoms with van der Waals surface area (Å²) in [6.07, 6.45) is 3.22. The van der Waals surface area contributed by atoms with Crippen LogP contribution in [0.2, 0.25) is 0 Å². The maximum absolute atomic E-state index is 12.4. The number of carbonyl (C=O) groups is 1. The number of fused-ring (bicyclic) bond motifs is 2. The lowest BCUT2D eigenvalue weighted by Crippen LogP contribution is -2.41. The summed E-state index contributed by atoms with van der Waals surface area (Å²) in [5.41, 5.74) is 3.01. The Labute approximate surface area is 205 Å². The number of anilines is 2. The molecule has 0 N–H and O–H groups in total. The largest absolute Gasteiger partial charge is 0.497 e. The molecule has 0 unspecified atom stereocenters. The molecule has 9 nitrogen and oxygen atoms in total. The fraction of sp³-hybridized carbons (Fsp3) is 0.440. The Balaban J connectivity index is 1.59. The van der Waals surface area contributed by atoms with Gasteiger partial charge in [-0.2, -0.15) is 0 Å². The van der Waals surface area contributed by atoms with Gasteiger partial charge in [-0.15, -0.1) is 0 Å². The van der Waals surface area contributed by atoms with Crippen molar-refractivity contribution in [3.8, 4) is 5.88 Å². The van der Waals surface area contributed by atoms with Gasteiger partial charge in [0.05, 0.1) is 29.5 Å². The van der Waals surface area contributed by atoms with Crippen LogP contribution in [0.1, 0.15) is 39.0 Å². The van der Waals surface area contributed by atoms with E-state index in [0.717, 1.165) is 41.6 Å². The fourth-order valence-electron chi connectivity index (χ4n) is 4.46. The van der Waals surface area contributed by atoms with Crippen molar-refractivity contribution in [2.24, 2.45) is 0 Å². The first-order valence-electron chi connectivity index (χ1n) is 11.7. The van der Waals surface area contributed by atoms with Crippen molar-refractivity contribution in [3.63, 3.8) is 0 Å². The van der Waals surface area contributed by atoms with Crippen LogP contribution in [0.3, 0.4) is 0 Å². The van der Waals surface area contributed by atoms with E-state index < -0.39 is 18.3 Å². The zero-order valence-electron chi connectivity index (χ0n) is 21.0. The lowest BCUT2D eigenvalue weighted by Gasteiger charge is -2.32. The Hall–Kier alpha value is -3.08. The van der Waals surface area contributed by atoms with Gasteiger partial charge in [-0.1, -0.05) is 18.2 Å². The van der Waals surface area contributed by atoms with Crippen molar-refractivity contribution in [2.45, 2.75) is 51.9 Å². The van der Waals surface area contributed by atoms with Gasteiger partial charge in [0.15, 0.2) is 0 Å². The molecule has 35 heavy (non-hydrogen) atoms. The summed E-state index contributed by atoms with van der Waals surface area (Å²) < 4.78 is 18.1. The number of hydrogen-bond donors (Lipinski definition) is 0. The summed E-state index contributed by atoms with van der Waals surface area (Å²) in [4.78, 5) is 29.9. The lowest BCUT2D eigenvalue weighted by atomic mass is 9.78. The molecule has 4 heterocycles. The number of hydrogen-bond acceptors (Lipinski definition) is 8. The summed E-state index contributed by atoms with van der Waals surface area (Å²) in [7, 11) is 3.02. The van der Waals surface area contributed by atoms with Gasteiger partial charge in [-0.3, -0.25) is 4.79 Å². The number of ether oxygens (including phenoxy) is 1. The van der Waals surface area contributed by atoms with Gasteiger partial charge < -0.3 is 18.9 Å². The smallest absolute Gasteiger partial charge is 0.479 e. The van der Waals surface area contributed by atoms with Crippen LogP contribution in [0, 0.1) is 0 Å². The van der Waals surface area contributed by atoms with Crippen LogP contribution < -0.4 is 15.1 Å². The van der Waals surface area contributed by atoms with Crippen molar-refractivity contribution in [2.75, 3.05) is 25.6 Å². The maximum atomic E-state index is 12.4. The standard InChI is InChI=1S/C25H30BN5O4/c1-24(2)25(3,4)35-26(34-24)18-9-7-8-16-13-27-23(29-21(16)18)31(15-32)20-12-17-14-30(5)11-10-19(17)28-22(20)33-6/h7-9,12-13,15H,10-11,14H2,1-6H3. The Morgan fingerprint density at radius 2 is 1.91 bits per heavy atom. The molecular formula is C25H30BN5O4. The van der Waals surface area contributed by atoms with E-state index in [1.807, 2.05) is 52.0 Å². The minimum Gasteiger partial charge on any atom is -0.479 e. The van der Waals surface area contributed by atoms with Crippen LogP contribution in [0.5, 0.6) is 5.88 Å². The number of pyridine rings is 1. The first kappa shape index (κ1) is 23.7. The molecule has 0 spiro atoms. The molecule has 1 fully saturated rings. The van der Waals surface area contributed by atoms with Crippen molar-refractivity contribution in [1.82, 2.24) is 19.9 Å². The molecule has 0 aliphatic carbocycles.